The van der Waals surface area contributed by atoms with Gasteiger partial charge in [0.05, 0.1) is 34.4 Å². The van der Waals surface area contributed by atoms with E-state index in [0.717, 1.165) is 89.9 Å². The van der Waals surface area contributed by atoms with E-state index in [1.807, 2.05) is 21.1 Å². The second-order valence-electron chi connectivity index (χ2n) is 13.9. The molecule has 0 radical (unpaired) electrons. The van der Waals surface area contributed by atoms with Crippen molar-refractivity contribution in [2.45, 2.75) is 123 Å². The molecular formula is C44H75NO7P+. The van der Waals surface area contributed by atoms with Crippen molar-refractivity contribution in [1.29, 1.82) is 0 Å². The summed E-state index contributed by atoms with van der Waals surface area (Å²) in [5.74, 6) is -0.371. The maximum atomic E-state index is 12.6. The molecule has 0 spiro atoms. The molecule has 2 atom stereocenters. The van der Waals surface area contributed by atoms with Crippen LogP contribution in [0.1, 0.15) is 117 Å². The Morgan fingerprint density at radius 3 is 1.51 bits per heavy atom. The van der Waals surface area contributed by atoms with Crippen molar-refractivity contribution in [1.82, 2.24) is 0 Å². The van der Waals surface area contributed by atoms with Gasteiger partial charge in [0, 0.05) is 13.0 Å². The van der Waals surface area contributed by atoms with Crippen molar-refractivity contribution in [3.63, 3.8) is 0 Å². The Morgan fingerprint density at radius 1 is 0.585 bits per heavy atom. The molecule has 0 aromatic carbocycles. The number of hydrogen-bond donors (Lipinski definition) is 1. The molecule has 0 saturated carbocycles. The minimum Gasteiger partial charge on any atom is -0.457 e. The van der Waals surface area contributed by atoms with Crippen LogP contribution in [0.4, 0.5) is 0 Å². The molecule has 0 rings (SSSR count). The van der Waals surface area contributed by atoms with Crippen LogP contribution in [-0.4, -0.2) is 75.6 Å². The van der Waals surface area contributed by atoms with Crippen molar-refractivity contribution in [2.24, 2.45) is 0 Å². The molecule has 0 saturated heterocycles. The lowest BCUT2D eigenvalue weighted by Crippen LogP contribution is -2.37. The summed E-state index contributed by atoms with van der Waals surface area (Å²) < 4.78 is 34.8. The quantitative estimate of drug-likeness (QED) is 0.0226. The smallest absolute Gasteiger partial charge is 0.457 e. The van der Waals surface area contributed by atoms with Crippen molar-refractivity contribution in [3.8, 4) is 0 Å². The minimum atomic E-state index is -4.30. The fourth-order valence-corrected chi connectivity index (χ4v) is 5.33. The SMILES string of the molecule is CC/C=C\C/C=C\C/C=C\C/C=C\CCCCCOCC(COP(=O)(O)OCC[N+](C)(C)C)OC(=O)CCCC/C=C\C/C=C\C/C=C\C/C=C\CC. The number of allylic oxidation sites excluding steroid dienone is 16. The van der Waals surface area contributed by atoms with Gasteiger partial charge in [-0.05, 0) is 89.9 Å². The summed E-state index contributed by atoms with van der Waals surface area (Å²) in [5, 5.41) is 0. The number of likely N-dealkylation sites (N-methyl/N-ethyl adjacent to an activating group) is 1. The van der Waals surface area contributed by atoms with Gasteiger partial charge in [0.25, 0.3) is 0 Å². The van der Waals surface area contributed by atoms with Crippen LogP contribution in [0.5, 0.6) is 0 Å². The topological polar surface area (TPSA) is 91.3 Å². The van der Waals surface area contributed by atoms with E-state index in [2.05, 4.69) is 111 Å². The highest BCUT2D eigenvalue weighted by Gasteiger charge is 2.26. The zero-order valence-corrected chi connectivity index (χ0v) is 34.8. The fourth-order valence-electron chi connectivity index (χ4n) is 4.59. The Kier molecular flexibility index (Phi) is 34.6. The van der Waals surface area contributed by atoms with Gasteiger partial charge in [0.1, 0.15) is 19.3 Å². The van der Waals surface area contributed by atoms with Crippen molar-refractivity contribution >= 4 is 13.8 Å². The van der Waals surface area contributed by atoms with E-state index in [-0.39, 0.29) is 32.2 Å². The lowest BCUT2D eigenvalue weighted by atomic mass is 10.2. The minimum absolute atomic E-state index is 0.0679. The van der Waals surface area contributed by atoms with Crippen molar-refractivity contribution in [2.75, 3.05) is 54.1 Å². The van der Waals surface area contributed by atoms with E-state index in [1.54, 1.807) is 0 Å². The summed E-state index contributed by atoms with van der Waals surface area (Å²) >= 11 is 0. The average Bonchev–Trinajstić information content (AvgIpc) is 3.11. The summed E-state index contributed by atoms with van der Waals surface area (Å²) in [5.41, 5.74) is 0. The maximum Gasteiger partial charge on any atom is 0.472 e. The van der Waals surface area contributed by atoms with Crippen molar-refractivity contribution in [3.05, 3.63) is 97.2 Å². The number of unbranched alkanes of at least 4 members (excludes halogenated alkanes) is 5. The lowest BCUT2D eigenvalue weighted by molar-refractivity contribution is -0.870. The Labute approximate surface area is 324 Å². The normalized spacial score (nSPS) is 14.9. The molecule has 0 heterocycles. The number of esters is 1. The van der Waals surface area contributed by atoms with Crippen LogP contribution in [0.25, 0.3) is 0 Å². The highest BCUT2D eigenvalue weighted by Crippen LogP contribution is 2.43. The number of quaternary nitrogens is 1. The summed E-state index contributed by atoms with van der Waals surface area (Å²) in [4.78, 5) is 22.8. The van der Waals surface area contributed by atoms with Crippen LogP contribution in [0.15, 0.2) is 97.2 Å². The van der Waals surface area contributed by atoms with E-state index in [9.17, 15) is 14.3 Å². The molecule has 0 aliphatic carbocycles. The van der Waals surface area contributed by atoms with Gasteiger partial charge in [-0.25, -0.2) is 4.57 Å². The largest absolute Gasteiger partial charge is 0.472 e. The van der Waals surface area contributed by atoms with Crippen molar-refractivity contribution < 1.29 is 37.3 Å². The first kappa shape index (κ1) is 50.4. The number of hydrogen-bond acceptors (Lipinski definition) is 6. The number of ether oxygens (including phenoxy) is 2. The van der Waals surface area contributed by atoms with E-state index in [4.69, 9.17) is 18.5 Å². The number of phosphoric ester groups is 1. The second-order valence-corrected chi connectivity index (χ2v) is 15.3. The second kappa shape index (κ2) is 36.4. The highest BCUT2D eigenvalue weighted by atomic mass is 31.2. The zero-order valence-electron chi connectivity index (χ0n) is 34.0. The van der Waals surface area contributed by atoms with Gasteiger partial charge in [-0.2, -0.15) is 0 Å². The number of phosphoric acid groups is 1. The fraction of sp³-hybridized carbons (Fsp3) is 0.614. The van der Waals surface area contributed by atoms with Crippen LogP contribution in [0.2, 0.25) is 0 Å². The Hall–Kier alpha value is -2.58. The highest BCUT2D eigenvalue weighted by molar-refractivity contribution is 7.47. The monoisotopic (exact) mass is 761 g/mol. The predicted molar refractivity (Wildman–Crippen MR) is 224 cm³/mol. The molecule has 1 N–H and O–H groups in total. The molecule has 0 aromatic heterocycles. The number of nitrogens with zero attached hydrogens (tertiary/aromatic N) is 1. The molecule has 53 heavy (non-hydrogen) atoms. The first-order valence-electron chi connectivity index (χ1n) is 20.0. The van der Waals surface area contributed by atoms with Gasteiger partial charge in [-0.1, -0.05) is 117 Å². The molecule has 0 amide bonds. The molecule has 0 aromatic rings. The van der Waals surface area contributed by atoms with Crippen LogP contribution in [0.3, 0.4) is 0 Å². The standard InChI is InChI=1S/C44H74NO7P/c1-6-8-10-12-14-16-18-20-22-24-26-28-30-32-34-36-39-49-41-43(42-51-53(47,48)50-40-38-45(3,4)5)52-44(46)37-35-33-31-29-27-25-23-21-19-17-15-13-11-9-7-2/h8-11,14-17,20-23,26-29,43H,6-7,12-13,18-19,24-25,30-42H2,1-5H3/p+1/b10-8-,11-9-,16-14-,17-15-,22-20-,23-21-,28-26-,29-27-. The van der Waals surface area contributed by atoms with Gasteiger partial charge < -0.3 is 18.9 Å². The molecular weight excluding hydrogens is 685 g/mol. The average molecular weight is 761 g/mol. The number of carbonyl (C=O) groups excluding carboxylic acids is 1. The Bertz CT molecular complexity index is 1160. The molecule has 0 bridgehead atoms. The number of rotatable bonds is 35. The predicted octanol–water partition coefficient (Wildman–Crippen LogP) is 11.5. The third kappa shape index (κ3) is 40.4. The lowest BCUT2D eigenvalue weighted by Gasteiger charge is -2.24. The van der Waals surface area contributed by atoms with E-state index < -0.39 is 13.9 Å². The molecule has 302 valence electrons. The van der Waals surface area contributed by atoms with Crippen LogP contribution >= 0.6 is 7.82 Å². The first-order chi connectivity index (χ1) is 25.6. The third-order valence-corrected chi connectivity index (χ3v) is 8.63. The van der Waals surface area contributed by atoms with Gasteiger partial charge in [-0.3, -0.25) is 13.8 Å². The third-order valence-electron chi connectivity index (χ3n) is 7.64. The maximum absolute atomic E-state index is 12.6. The zero-order chi connectivity index (χ0) is 39.1. The molecule has 9 heteroatoms. The van der Waals surface area contributed by atoms with E-state index in [0.29, 0.717) is 24.1 Å². The van der Waals surface area contributed by atoms with Gasteiger partial charge in [-0.15, -0.1) is 0 Å². The summed E-state index contributed by atoms with van der Waals surface area (Å²) in [6, 6.07) is 0. The Morgan fingerprint density at radius 2 is 1.04 bits per heavy atom. The van der Waals surface area contributed by atoms with Crippen LogP contribution in [-0.2, 0) is 27.9 Å². The summed E-state index contributed by atoms with van der Waals surface area (Å²) in [7, 11) is 1.60. The van der Waals surface area contributed by atoms with Crippen LogP contribution < -0.4 is 0 Å². The summed E-state index contributed by atoms with van der Waals surface area (Å²) in [6.45, 7) is 5.21. The van der Waals surface area contributed by atoms with E-state index >= 15 is 0 Å². The van der Waals surface area contributed by atoms with Gasteiger partial charge >= 0.3 is 13.8 Å². The summed E-state index contributed by atoms with van der Waals surface area (Å²) in [6.07, 6.45) is 48.8. The van der Waals surface area contributed by atoms with Gasteiger partial charge in [0.15, 0.2) is 0 Å². The number of carbonyl (C=O) groups is 1. The van der Waals surface area contributed by atoms with E-state index in [1.165, 1.54) is 0 Å². The molecule has 0 aliphatic heterocycles. The molecule has 0 fully saturated rings. The first-order valence-corrected chi connectivity index (χ1v) is 21.5. The molecule has 0 aliphatic rings. The molecule has 8 nitrogen and oxygen atoms in total. The molecule has 2 unspecified atom stereocenters. The Balaban J connectivity index is 4.45. The van der Waals surface area contributed by atoms with Crippen LogP contribution in [0, 0.1) is 0 Å². The van der Waals surface area contributed by atoms with Gasteiger partial charge in [0.2, 0.25) is 0 Å².